The number of hydrogen-bond donors (Lipinski definition) is 1. The second-order valence-electron chi connectivity index (χ2n) is 4.95. The Morgan fingerprint density at radius 3 is 2.86 bits per heavy atom. The SMILES string of the molecule is O.O=S1(=O)OC2N(c3cnc(Cl)c(Cl)c3)C[C@@H]3NC[C@@]23O1. The van der Waals surface area contributed by atoms with Crippen LogP contribution in [0.3, 0.4) is 0 Å². The van der Waals surface area contributed by atoms with Crippen LogP contribution in [-0.2, 0) is 18.8 Å². The van der Waals surface area contributed by atoms with Crippen molar-refractivity contribution in [2.45, 2.75) is 17.9 Å². The van der Waals surface area contributed by atoms with Crippen LogP contribution in [0.2, 0.25) is 10.2 Å². The first-order valence-corrected chi connectivity index (χ1v) is 7.95. The van der Waals surface area contributed by atoms with Crippen LogP contribution in [0.25, 0.3) is 0 Å². The summed E-state index contributed by atoms with van der Waals surface area (Å²) in [6.07, 6.45) is 0.818. The summed E-state index contributed by atoms with van der Waals surface area (Å²) in [5.41, 5.74) is -0.217. The van der Waals surface area contributed by atoms with Crippen molar-refractivity contribution >= 4 is 39.3 Å². The molecule has 4 rings (SSSR count). The van der Waals surface area contributed by atoms with Gasteiger partial charge < -0.3 is 15.7 Å². The van der Waals surface area contributed by atoms with E-state index < -0.39 is 22.2 Å². The normalized spacial score (nSPS) is 35.6. The molecule has 3 aliphatic rings. The molecule has 0 bridgehead atoms. The van der Waals surface area contributed by atoms with Gasteiger partial charge in [-0.25, -0.2) is 13.4 Å². The van der Waals surface area contributed by atoms with Crippen molar-refractivity contribution in [3.8, 4) is 0 Å². The van der Waals surface area contributed by atoms with Crippen LogP contribution < -0.4 is 10.2 Å². The summed E-state index contributed by atoms with van der Waals surface area (Å²) in [5, 5.41) is 3.64. The molecule has 8 nitrogen and oxygen atoms in total. The molecule has 0 aromatic carbocycles. The molecule has 4 heterocycles. The van der Waals surface area contributed by atoms with E-state index in [0.29, 0.717) is 23.8 Å². The van der Waals surface area contributed by atoms with E-state index in [9.17, 15) is 8.42 Å². The molecule has 3 N–H and O–H groups in total. The largest absolute Gasteiger partial charge is 0.412 e. The fourth-order valence-corrected chi connectivity index (χ4v) is 4.31. The van der Waals surface area contributed by atoms with Gasteiger partial charge in [0.1, 0.15) is 5.15 Å². The van der Waals surface area contributed by atoms with Crippen LogP contribution in [0, 0.1) is 0 Å². The molecule has 1 aromatic rings. The van der Waals surface area contributed by atoms with E-state index in [2.05, 4.69) is 10.3 Å². The third kappa shape index (κ3) is 2.04. The van der Waals surface area contributed by atoms with Crippen molar-refractivity contribution in [3.05, 3.63) is 22.4 Å². The summed E-state index contributed by atoms with van der Waals surface area (Å²) in [5.74, 6) is 0. The molecule has 0 aliphatic carbocycles. The quantitative estimate of drug-likeness (QED) is 0.688. The van der Waals surface area contributed by atoms with E-state index in [1.807, 2.05) is 0 Å². The number of nitrogens with zero attached hydrogens (tertiary/aromatic N) is 2. The van der Waals surface area contributed by atoms with Crippen molar-refractivity contribution in [2.24, 2.45) is 0 Å². The minimum Gasteiger partial charge on any atom is -0.412 e. The van der Waals surface area contributed by atoms with Gasteiger partial charge in [0.15, 0.2) is 11.8 Å². The molecule has 1 aromatic heterocycles. The molecule has 3 aliphatic heterocycles. The van der Waals surface area contributed by atoms with E-state index in [4.69, 9.17) is 31.6 Å². The number of pyridine rings is 1. The van der Waals surface area contributed by atoms with E-state index in [1.165, 1.54) is 6.20 Å². The van der Waals surface area contributed by atoms with Crippen molar-refractivity contribution in [3.63, 3.8) is 0 Å². The molecular weight excluding hydrogens is 345 g/mol. The predicted octanol–water partition coefficient (Wildman–Crippen LogP) is -0.288. The average molecular weight is 356 g/mol. The average Bonchev–Trinajstić information content (AvgIpc) is 2.75. The highest BCUT2D eigenvalue weighted by atomic mass is 35.5. The first-order valence-electron chi connectivity index (χ1n) is 5.86. The number of nitrogens with one attached hydrogen (secondary N) is 1. The lowest BCUT2D eigenvalue weighted by atomic mass is 9.88. The van der Waals surface area contributed by atoms with Gasteiger partial charge in [0.25, 0.3) is 0 Å². The Morgan fingerprint density at radius 2 is 2.24 bits per heavy atom. The number of halogens is 2. The van der Waals surface area contributed by atoms with Crippen LogP contribution in [0.15, 0.2) is 12.3 Å². The first-order chi connectivity index (χ1) is 9.41. The lowest BCUT2D eigenvalue weighted by Crippen LogP contribution is -2.69. The zero-order valence-corrected chi connectivity index (χ0v) is 12.7. The molecule has 3 saturated heterocycles. The molecule has 11 heteroatoms. The number of anilines is 1. The van der Waals surface area contributed by atoms with Gasteiger partial charge in [-0.05, 0) is 6.07 Å². The maximum Gasteiger partial charge on any atom is 0.402 e. The van der Waals surface area contributed by atoms with Crippen LogP contribution >= 0.6 is 23.2 Å². The molecule has 21 heavy (non-hydrogen) atoms. The Balaban J connectivity index is 0.00000132. The summed E-state index contributed by atoms with van der Waals surface area (Å²) in [4.78, 5) is 5.74. The minimum absolute atomic E-state index is 0. The zero-order valence-electron chi connectivity index (χ0n) is 10.4. The highest BCUT2D eigenvalue weighted by Crippen LogP contribution is 2.47. The topological polar surface area (TPSA) is 112 Å². The smallest absolute Gasteiger partial charge is 0.402 e. The maximum absolute atomic E-state index is 11.6. The van der Waals surface area contributed by atoms with Crippen molar-refractivity contribution in [1.82, 2.24) is 10.3 Å². The van der Waals surface area contributed by atoms with Crippen LogP contribution in [0.1, 0.15) is 0 Å². The Bertz CT molecular complexity index is 702. The van der Waals surface area contributed by atoms with Gasteiger partial charge in [-0.15, -0.1) is 0 Å². The lowest BCUT2D eigenvalue weighted by Gasteiger charge is -2.40. The summed E-state index contributed by atoms with van der Waals surface area (Å²) < 4.78 is 33.3. The highest BCUT2D eigenvalue weighted by Gasteiger charge is 2.69. The van der Waals surface area contributed by atoms with Gasteiger partial charge in [-0.2, -0.15) is 8.42 Å². The third-order valence-corrected chi connectivity index (χ3v) is 5.49. The van der Waals surface area contributed by atoms with Gasteiger partial charge in [-0.1, -0.05) is 23.2 Å². The van der Waals surface area contributed by atoms with Gasteiger partial charge >= 0.3 is 10.4 Å². The van der Waals surface area contributed by atoms with E-state index in [1.54, 1.807) is 11.0 Å². The molecular formula is C10H11Cl2N3O5S. The standard InChI is InChI=1S/C10H9Cl2N3O4S.H2O/c11-6-1-5(2-13-8(6)12)15-3-7-10(4-14-7)9(15)18-20(16,17)19-10;/h1-2,7,9,14H,3-4H2;1H2/t7-,9?,10-;/m0./s1. The molecule has 0 saturated carbocycles. The summed E-state index contributed by atoms with van der Waals surface area (Å²) in [6.45, 7) is 0.965. The second-order valence-corrected chi connectivity index (χ2v) is 6.89. The van der Waals surface area contributed by atoms with Crippen molar-refractivity contribution in [1.29, 1.82) is 0 Å². The van der Waals surface area contributed by atoms with Gasteiger partial charge in [0.05, 0.1) is 22.9 Å². The van der Waals surface area contributed by atoms with Crippen LogP contribution in [0.5, 0.6) is 0 Å². The maximum atomic E-state index is 11.6. The molecule has 3 fully saturated rings. The Labute approximate surface area is 130 Å². The molecule has 0 amide bonds. The molecule has 0 radical (unpaired) electrons. The van der Waals surface area contributed by atoms with E-state index in [0.717, 1.165) is 0 Å². The van der Waals surface area contributed by atoms with Crippen molar-refractivity contribution < 1.29 is 22.3 Å². The fraction of sp³-hybridized carbons (Fsp3) is 0.500. The highest BCUT2D eigenvalue weighted by molar-refractivity contribution is 7.82. The predicted molar refractivity (Wildman–Crippen MR) is 74.6 cm³/mol. The van der Waals surface area contributed by atoms with E-state index in [-0.39, 0.29) is 16.7 Å². The van der Waals surface area contributed by atoms with Gasteiger partial charge in [0, 0.05) is 13.1 Å². The van der Waals surface area contributed by atoms with Gasteiger partial charge in [0.2, 0.25) is 0 Å². The summed E-state index contributed by atoms with van der Waals surface area (Å²) in [6, 6.07) is 1.52. The fourth-order valence-electron chi connectivity index (χ4n) is 2.87. The zero-order chi connectivity index (χ0) is 14.1. The minimum atomic E-state index is -3.97. The molecule has 116 valence electrons. The van der Waals surface area contributed by atoms with Crippen LogP contribution in [-0.4, -0.2) is 49.8 Å². The Kier molecular flexibility index (Phi) is 3.38. The molecule has 3 atom stereocenters. The monoisotopic (exact) mass is 355 g/mol. The first kappa shape index (κ1) is 15.2. The number of rotatable bonds is 1. The summed E-state index contributed by atoms with van der Waals surface area (Å²) >= 11 is 11.7. The Hall–Kier alpha value is -0.680. The van der Waals surface area contributed by atoms with Crippen molar-refractivity contribution in [2.75, 3.05) is 18.0 Å². The molecule has 1 spiro atoms. The van der Waals surface area contributed by atoms with Gasteiger partial charge in [-0.3, -0.25) is 0 Å². The summed E-state index contributed by atoms with van der Waals surface area (Å²) in [7, 11) is -3.97. The molecule has 1 unspecified atom stereocenters. The lowest BCUT2D eigenvalue weighted by molar-refractivity contribution is -0.0162. The second kappa shape index (κ2) is 4.66. The Morgan fingerprint density at radius 1 is 1.48 bits per heavy atom. The third-order valence-electron chi connectivity index (χ3n) is 3.87. The van der Waals surface area contributed by atoms with Crippen LogP contribution in [0.4, 0.5) is 5.69 Å². The number of aromatic nitrogens is 1. The number of hydrogen-bond acceptors (Lipinski definition) is 7. The van der Waals surface area contributed by atoms with E-state index >= 15 is 0 Å².